The van der Waals surface area contributed by atoms with Gasteiger partial charge in [-0.3, -0.25) is 29.4 Å². The molecule has 2 aromatic rings. The van der Waals surface area contributed by atoms with Crippen molar-refractivity contribution in [1.29, 1.82) is 0 Å². The maximum Gasteiger partial charge on any atom is 0.320 e. The summed E-state index contributed by atoms with van der Waals surface area (Å²) in [6.45, 7) is 5.81. The number of fused-ring (bicyclic) bond motifs is 1. The number of phenols is 1. The number of aromatic hydroxyl groups is 1. The Bertz CT molecular complexity index is 1970. The van der Waals surface area contributed by atoms with Crippen molar-refractivity contribution >= 4 is 41.4 Å². The van der Waals surface area contributed by atoms with E-state index in [2.05, 4.69) is 20.4 Å². The molecule has 16 nitrogen and oxygen atoms in total. The van der Waals surface area contributed by atoms with Gasteiger partial charge in [0.25, 0.3) is 5.91 Å². The number of alkyl halides is 1. The van der Waals surface area contributed by atoms with E-state index in [0.717, 1.165) is 5.70 Å². The number of hydrogen-bond acceptors (Lipinski definition) is 12. The number of para-hydroxylation sites is 1. The molecule has 4 fully saturated rings. The number of halogens is 1. The molecule has 17 heteroatoms. The van der Waals surface area contributed by atoms with Crippen LogP contribution in [0, 0.1) is 5.92 Å². The number of benzene rings is 2. The van der Waals surface area contributed by atoms with Crippen LogP contribution in [0.25, 0.3) is 5.70 Å². The van der Waals surface area contributed by atoms with Gasteiger partial charge in [0.15, 0.2) is 6.29 Å². The molecule has 0 bridgehead atoms. The van der Waals surface area contributed by atoms with Crippen LogP contribution in [0.15, 0.2) is 60.1 Å². The van der Waals surface area contributed by atoms with Gasteiger partial charge in [-0.1, -0.05) is 12.1 Å². The second-order valence-electron chi connectivity index (χ2n) is 15.4. The molecule has 57 heavy (non-hydrogen) atoms. The highest BCUT2D eigenvalue weighted by Crippen LogP contribution is 2.30. The minimum absolute atomic E-state index is 0.0127. The van der Waals surface area contributed by atoms with Crippen LogP contribution >= 0.6 is 0 Å². The number of imide groups is 1. The second-order valence-corrected chi connectivity index (χ2v) is 15.4. The van der Waals surface area contributed by atoms with E-state index < -0.39 is 24.0 Å². The topological polar surface area (TPSA) is 201 Å². The molecule has 5 aliphatic rings. The monoisotopic (exact) mass is 786 g/mol. The number of anilines is 1. The molecule has 3 unspecified atom stereocenters. The van der Waals surface area contributed by atoms with Crippen molar-refractivity contribution < 1.29 is 33.5 Å². The van der Waals surface area contributed by atoms with E-state index in [1.165, 1.54) is 18.0 Å². The molecule has 4 atom stereocenters. The molecule has 7 N–H and O–H groups in total. The van der Waals surface area contributed by atoms with Crippen LogP contribution in [0.4, 0.5) is 14.9 Å². The highest BCUT2D eigenvalue weighted by molar-refractivity contribution is 6.06. The van der Waals surface area contributed by atoms with Crippen molar-refractivity contribution in [2.24, 2.45) is 17.4 Å². The Morgan fingerprint density at radius 3 is 2.46 bits per heavy atom. The van der Waals surface area contributed by atoms with E-state index >= 15 is 4.39 Å². The zero-order valence-corrected chi connectivity index (χ0v) is 32.1. The molecule has 7 rings (SSSR count). The molecule has 0 aliphatic carbocycles. The lowest BCUT2D eigenvalue weighted by Crippen LogP contribution is -2.63. The Morgan fingerprint density at radius 1 is 0.982 bits per heavy atom. The van der Waals surface area contributed by atoms with Crippen molar-refractivity contribution in [3.8, 4) is 5.75 Å². The van der Waals surface area contributed by atoms with Crippen molar-refractivity contribution in [1.82, 2.24) is 35.1 Å². The minimum atomic E-state index is -1.13. The first-order chi connectivity index (χ1) is 27.4. The first-order valence-corrected chi connectivity index (χ1v) is 19.5. The smallest absolute Gasteiger partial charge is 0.320 e. The molecule has 2 aromatic carbocycles. The molecule has 5 aliphatic heterocycles. The lowest BCUT2D eigenvalue weighted by molar-refractivity contribution is -0.136. The van der Waals surface area contributed by atoms with E-state index in [1.54, 1.807) is 42.5 Å². The van der Waals surface area contributed by atoms with Gasteiger partial charge < -0.3 is 46.4 Å². The molecule has 304 valence electrons. The summed E-state index contributed by atoms with van der Waals surface area (Å²) < 4.78 is 15.8. The standard InChI is InChI=1S/C40H51FN10O6/c1-46(33-8-9-36(54)45-38(33)55)39(56)30-18-27(7-6-26(30)24-52)49-11-10-25(31(41)23-49)21-47-12-14-48(15-13-47)40(57)50-16-17-51-28(22-50)20-44-37(43)34(51)19-32(42)29-4-2-3-5-35(29)53/h2-7,18-19,24-25,28,31,33,44,53H,8-17,20-23,42-43H2,1H3,(H,45,54,55)/b32-19-/t25-,28?,31?,33?/m1/s1. The maximum absolute atomic E-state index is 15.8. The number of hydrogen-bond donors (Lipinski definition) is 5. The SMILES string of the molecule is CN(C(=O)c1cc(N2CC[C@H](CN3CCN(C(=O)N4CCN5C(/C=C(\N)c6ccccc6O)=C(N)NCC5C4)CC3)C(F)C2)ccc1C=O)C1CCC(=O)NC1=O. The molecular weight excluding hydrogens is 736 g/mol. The Morgan fingerprint density at radius 2 is 1.74 bits per heavy atom. The summed E-state index contributed by atoms with van der Waals surface area (Å²) in [6, 6.07) is 10.8. The number of nitrogens with zero attached hydrogens (tertiary/aromatic N) is 6. The van der Waals surface area contributed by atoms with Crippen LogP contribution in [-0.4, -0.2) is 157 Å². The van der Waals surface area contributed by atoms with Crippen LogP contribution in [-0.2, 0) is 9.59 Å². The lowest BCUT2D eigenvalue weighted by Gasteiger charge is -2.47. The number of nitrogens with two attached hydrogens (primary N) is 2. The number of likely N-dealkylation sites (N-methyl/N-ethyl adjacent to an activating group) is 1. The molecule has 0 saturated carbocycles. The van der Waals surface area contributed by atoms with Gasteiger partial charge in [-0.05, 0) is 49.2 Å². The van der Waals surface area contributed by atoms with Crippen molar-refractivity contribution in [2.75, 3.05) is 83.9 Å². The zero-order chi connectivity index (χ0) is 40.4. The molecular formula is C40H51FN10O6. The predicted molar refractivity (Wildman–Crippen MR) is 210 cm³/mol. The molecule has 4 saturated heterocycles. The summed E-state index contributed by atoms with van der Waals surface area (Å²) in [4.78, 5) is 74.4. The highest BCUT2D eigenvalue weighted by Gasteiger charge is 2.38. The largest absolute Gasteiger partial charge is 0.507 e. The number of piperazine rings is 2. The van der Waals surface area contributed by atoms with E-state index in [0.29, 0.717) is 101 Å². The van der Waals surface area contributed by atoms with Gasteiger partial charge in [-0.25, -0.2) is 9.18 Å². The maximum atomic E-state index is 15.8. The fraction of sp³-hybridized carbons (Fsp3) is 0.475. The van der Waals surface area contributed by atoms with Gasteiger partial charge in [0.2, 0.25) is 11.8 Å². The van der Waals surface area contributed by atoms with Crippen molar-refractivity contribution in [3.63, 3.8) is 0 Å². The van der Waals surface area contributed by atoms with Gasteiger partial charge in [0.05, 0.1) is 17.3 Å². The first-order valence-electron chi connectivity index (χ1n) is 19.5. The molecule has 5 heterocycles. The van der Waals surface area contributed by atoms with E-state index in [-0.39, 0.29) is 60.2 Å². The number of carbonyl (C=O) groups excluding carboxylic acids is 5. The number of aldehydes is 1. The van der Waals surface area contributed by atoms with Gasteiger partial charge in [-0.15, -0.1) is 0 Å². The van der Waals surface area contributed by atoms with Gasteiger partial charge >= 0.3 is 6.03 Å². The summed E-state index contributed by atoms with van der Waals surface area (Å²) in [5, 5.41) is 15.8. The zero-order valence-electron chi connectivity index (χ0n) is 32.1. The summed E-state index contributed by atoms with van der Waals surface area (Å²) in [6.07, 6.45) is 2.11. The number of phenolic OH excluding ortho intramolecular Hbond substituents is 1. The van der Waals surface area contributed by atoms with Crippen LogP contribution in [0.3, 0.4) is 0 Å². The number of allylic oxidation sites excluding steroid dienone is 1. The van der Waals surface area contributed by atoms with Crippen molar-refractivity contribution in [3.05, 3.63) is 76.7 Å². The second kappa shape index (κ2) is 16.7. The number of piperidine rings is 2. The Hall–Kier alpha value is -5.84. The number of urea groups is 1. The summed E-state index contributed by atoms with van der Waals surface area (Å²) >= 11 is 0. The predicted octanol–water partition coefficient (Wildman–Crippen LogP) is 0.701. The van der Waals surface area contributed by atoms with Crippen LogP contribution in [0.1, 0.15) is 45.5 Å². The third kappa shape index (κ3) is 8.33. The van der Waals surface area contributed by atoms with Crippen LogP contribution < -0.4 is 27.0 Å². The summed E-state index contributed by atoms with van der Waals surface area (Å²) in [7, 11) is 1.47. The first kappa shape index (κ1) is 39.4. The number of amides is 5. The average Bonchev–Trinajstić information content (AvgIpc) is 3.21. The number of nitrogens with one attached hydrogen (secondary N) is 2. The van der Waals surface area contributed by atoms with Crippen LogP contribution in [0.2, 0.25) is 0 Å². The Balaban J connectivity index is 0.894. The lowest BCUT2D eigenvalue weighted by atomic mass is 9.93. The van der Waals surface area contributed by atoms with E-state index in [4.69, 9.17) is 11.5 Å². The van der Waals surface area contributed by atoms with Crippen molar-refractivity contribution in [2.45, 2.75) is 37.5 Å². The van der Waals surface area contributed by atoms with E-state index in [1.807, 2.05) is 14.7 Å². The summed E-state index contributed by atoms with van der Waals surface area (Å²) in [5.41, 5.74) is 15.3. The molecule has 0 aromatic heterocycles. The molecule has 0 spiro atoms. The normalized spacial score (nSPS) is 24.8. The average molecular weight is 787 g/mol. The molecule has 5 amide bonds. The fourth-order valence-corrected chi connectivity index (χ4v) is 8.56. The van der Waals surface area contributed by atoms with Gasteiger partial charge in [0.1, 0.15) is 23.8 Å². The fourth-order valence-electron chi connectivity index (χ4n) is 8.56. The molecule has 0 radical (unpaired) electrons. The Kier molecular flexibility index (Phi) is 11.6. The minimum Gasteiger partial charge on any atom is -0.507 e. The Labute approximate surface area is 330 Å². The van der Waals surface area contributed by atoms with Crippen LogP contribution in [0.5, 0.6) is 5.75 Å². The van der Waals surface area contributed by atoms with E-state index in [9.17, 15) is 29.1 Å². The third-order valence-electron chi connectivity index (χ3n) is 11.9. The third-order valence-corrected chi connectivity index (χ3v) is 11.9. The summed E-state index contributed by atoms with van der Waals surface area (Å²) in [5.74, 6) is -1.10. The number of rotatable bonds is 8. The van der Waals surface area contributed by atoms with Gasteiger partial charge in [-0.2, -0.15) is 0 Å². The quantitative estimate of drug-likeness (QED) is 0.186. The highest BCUT2D eigenvalue weighted by atomic mass is 19.1. The number of carbonyl (C=O) groups is 5. The van der Waals surface area contributed by atoms with Gasteiger partial charge in [0, 0.05) is 114 Å².